The maximum absolute atomic E-state index is 13.9. The van der Waals surface area contributed by atoms with E-state index in [1.165, 1.54) is 13.2 Å². The number of halogens is 4. The molecule has 2 aliphatic heterocycles. The fraction of sp³-hybridized carbons (Fsp3) is 0.359. The van der Waals surface area contributed by atoms with Crippen LogP contribution < -0.4 is 20.9 Å². The molecule has 1 aliphatic carbocycles. The highest BCUT2D eigenvalue weighted by Gasteiger charge is 2.45. The molecule has 53 heavy (non-hydrogen) atoms. The van der Waals surface area contributed by atoms with Gasteiger partial charge in [-0.2, -0.15) is 18.3 Å². The maximum atomic E-state index is 13.9. The molecule has 8 rings (SSSR count). The zero-order chi connectivity index (χ0) is 37.2. The minimum Gasteiger partial charge on any atom is -0.481 e. The quantitative estimate of drug-likeness (QED) is 0.184. The van der Waals surface area contributed by atoms with Gasteiger partial charge >= 0.3 is 6.18 Å². The number of piperidine rings is 1. The van der Waals surface area contributed by atoms with Crippen LogP contribution in [0.4, 0.5) is 24.7 Å². The summed E-state index contributed by atoms with van der Waals surface area (Å²) in [5.41, 5.74) is 4.29. The molecule has 2 atom stereocenters. The number of nitrogens with one attached hydrogen (secondary N) is 2. The molecule has 5 aromatic rings. The van der Waals surface area contributed by atoms with Gasteiger partial charge in [-0.25, -0.2) is 14.6 Å². The minimum atomic E-state index is -4.74. The van der Waals surface area contributed by atoms with Gasteiger partial charge in [0.25, 0.3) is 5.56 Å². The maximum Gasteiger partial charge on any atom is 0.433 e. The van der Waals surface area contributed by atoms with E-state index in [1.54, 1.807) is 19.2 Å². The summed E-state index contributed by atoms with van der Waals surface area (Å²) in [6.07, 6.45) is 1.68. The number of likely N-dealkylation sites (tertiary alicyclic amines) is 1. The molecule has 0 unspecified atom stereocenters. The number of hydrogen-bond donors (Lipinski definition) is 2. The number of fused-ring (bicyclic) bond motifs is 2. The lowest BCUT2D eigenvalue weighted by atomic mass is 9.88. The number of aryl methyl sites for hydroxylation is 2. The molecule has 0 bridgehead atoms. The number of ether oxygens (including phenoxy) is 1. The number of carbonyl (C=O) groups excluding carboxylic acids is 1. The molecular weight excluding hydrogens is 707 g/mol. The number of rotatable bonds is 6. The van der Waals surface area contributed by atoms with Gasteiger partial charge < -0.3 is 15.4 Å². The number of nitrogens with zero attached hydrogens (tertiary/aromatic N) is 5. The Morgan fingerprint density at radius 2 is 1.81 bits per heavy atom. The summed E-state index contributed by atoms with van der Waals surface area (Å²) in [5.74, 6) is 0.468. The van der Waals surface area contributed by atoms with E-state index in [-0.39, 0.29) is 34.1 Å². The monoisotopic (exact) mass is 743 g/mol. The molecule has 1 spiro atoms. The van der Waals surface area contributed by atoms with Gasteiger partial charge in [-0.1, -0.05) is 41.9 Å². The number of pyridine rings is 2. The molecule has 274 valence electrons. The molecule has 14 heteroatoms. The summed E-state index contributed by atoms with van der Waals surface area (Å²) < 4.78 is 48.5. The van der Waals surface area contributed by atoms with Crippen molar-refractivity contribution in [2.45, 2.75) is 63.2 Å². The molecule has 0 radical (unpaired) electrons. The Morgan fingerprint density at radius 1 is 1.04 bits per heavy atom. The van der Waals surface area contributed by atoms with Crippen molar-refractivity contribution >= 4 is 39.8 Å². The van der Waals surface area contributed by atoms with Gasteiger partial charge in [0.2, 0.25) is 11.8 Å². The van der Waals surface area contributed by atoms with Crippen LogP contribution >= 0.6 is 11.6 Å². The topological polar surface area (TPSA) is 114 Å². The lowest BCUT2D eigenvalue weighted by molar-refractivity contribution is -0.141. The average Bonchev–Trinajstić information content (AvgIpc) is 3.74. The second-order valence-electron chi connectivity index (χ2n) is 14.2. The second kappa shape index (κ2) is 13.1. The van der Waals surface area contributed by atoms with Crippen molar-refractivity contribution in [3.8, 4) is 28.3 Å². The molecule has 2 N–H and O–H groups in total. The first-order valence-electron chi connectivity index (χ1n) is 17.6. The molecule has 5 heterocycles. The van der Waals surface area contributed by atoms with Gasteiger partial charge in [0.1, 0.15) is 11.5 Å². The first-order valence-corrected chi connectivity index (χ1v) is 18.0. The highest BCUT2D eigenvalue weighted by molar-refractivity contribution is 6.36. The van der Waals surface area contributed by atoms with Crippen LogP contribution in [-0.4, -0.2) is 56.3 Å². The van der Waals surface area contributed by atoms with E-state index in [2.05, 4.69) is 31.7 Å². The summed E-state index contributed by atoms with van der Waals surface area (Å²) >= 11 is 7.19. The van der Waals surface area contributed by atoms with Crippen molar-refractivity contribution < 1.29 is 22.7 Å². The standard InChI is InChI=1S/C39H37ClF3N7O3/c1-21-24(7-5-10-27(21)45-35-33-23(19-44-49(2)37(33)52)18-30(47-35)39(41,42)43)25-8-4-9-26(34(25)40)28-17-22-12-13-29(32(22)36(46-28)53-3)50-16-15-38(20-50)14-6-11-31(51)48-38/h4-5,7-10,17-19,29H,6,11-16,20H2,1-3H3,(H,45,47)(H,48,51)/t29-,38+/m0/s1. The Bertz CT molecular complexity index is 2360. The minimum absolute atomic E-state index is 0.0100. The highest BCUT2D eigenvalue weighted by Crippen LogP contribution is 2.47. The fourth-order valence-corrected chi connectivity index (χ4v) is 8.67. The number of amides is 1. The second-order valence-corrected chi connectivity index (χ2v) is 14.6. The van der Waals surface area contributed by atoms with E-state index < -0.39 is 17.4 Å². The summed E-state index contributed by atoms with van der Waals surface area (Å²) in [6.45, 7) is 3.53. The van der Waals surface area contributed by atoms with Crippen LogP contribution in [0.15, 0.2) is 59.5 Å². The Hall–Kier alpha value is -5.01. The number of anilines is 2. The van der Waals surface area contributed by atoms with E-state index >= 15 is 0 Å². The van der Waals surface area contributed by atoms with Crippen LogP contribution in [-0.2, 0) is 24.4 Å². The van der Waals surface area contributed by atoms with Crippen LogP contribution in [0.5, 0.6) is 5.88 Å². The average molecular weight is 744 g/mol. The van der Waals surface area contributed by atoms with Crippen molar-refractivity contribution in [3.05, 3.63) is 92.5 Å². The molecule has 0 saturated carbocycles. The van der Waals surface area contributed by atoms with E-state index in [0.717, 1.165) is 72.6 Å². The van der Waals surface area contributed by atoms with Crippen LogP contribution in [0.25, 0.3) is 33.2 Å². The number of aromatic nitrogens is 4. The summed E-state index contributed by atoms with van der Waals surface area (Å²) in [6, 6.07) is 14.1. The summed E-state index contributed by atoms with van der Waals surface area (Å²) in [7, 11) is 3.05. The van der Waals surface area contributed by atoms with Crippen molar-refractivity contribution in [3.63, 3.8) is 0 Å². The SMILES string of the molecule is COc1nc(-c2cccc(-c3cccc(Nc4nc(C(F)(F)F)cc5cnn(C)c(=O)c45)c3C)c2Cl)cc2c1[C@@H](N1CC[C@]3(CCCC(=O)N3)C1)CC2. The third-order valence-corrected chi connectivity index (χ3v) is 11.4. The molecular formula is C39H37ClF3N7O3. The number of carbonyl (C=O) groups is 1. The van der Waals surface area contributed by atoms with E-state index in [0.29, 0.717) is 45.4 Å². The zero-order valence-corrected chi connectivity index (χ0v) is 30.2. The Morgan fingerprint density at radius 3 is 2.58 bits per heavy atom. The first kappa shape index (κ1) is 35.0. The van der Waals surface area contributed by atoms with Gasteiger partial charge in [0.05, 0.1) is 34.9 Å². The smallest absolute Gasteiger partial charge is 0.433 e. The zero-order valence-electron chi connectivity index (χ0n) is 29.4. The van der Waals surface area contributed by atoms with Crippen LogP contribution in [0, 0.1) is 6.92 Å². The fourth-order valence-electron chi connectivity index (χ4n) is 8.34. The highest BCUT2D eigenvalue weighted by atomic mass is 35.5. The molecule has 3 aromatic heterocycles. The first-order chi connectivity index (χ1) is 25.4. The summed E-state index contributed by atoms with van der Waals surface area (Å²) in [4.78, 5) is 36.6. The predicted molar refractivity (Wildman–Crippen MR) is 196 cm³/mol. The molecule has 2 saturated heterocycles. The largest absolute Gasteiger partial charge is 0.481 e. The number of alkyl halides is 3. The van der Waals surface area contributed by atoms with E-state index in [4.69, 9.17) is 21.3 Å². The lowest BCUT2D eigenvalue weighted by Crippen LogP contribution is -2.53. The molecule has 1 amide bonds. The number of methoxy groups -OCH3 is 1. The van der Waals surface area contributed by atoms with Crippen molar-refractivity contribution in [1.29, 1.82) is 0 Å². The summed E-state index contributed by atoms with van der Waals surface area (Å²) in [5, 5.41) is 10.7. The molecule has 10 nitrogen and oxygen atoms in total. The van der Waals surface area contributed by atoms with Gasteiger partial charge in [0.15, 0.2) is 0 Å². The number of hydrogen-bond acceptors (Lipinski definition) is 8. The van der Waals surface area contributed by atoms with Crippen molar-refractivity contribution in [2.24, 2.45) is 7.05 Å². The Balaban J connectivity index is 1.13. The molecule has 2 fully saturated rings. The van der Waals surface area contributed by atoms with Crippen LogP contribution in [0.2, 0.25) is 5.02 Å². The van der Waals surface area contributed by atoms with E-state index in [1.807, 2.05) is 31.2 Å². The normalized spacial score (nSPS) is 20.2. The third kappa shape index (κ3) is 6.19. The van der Waals surface area contributed by atoms with Gasteiger partial charge in [-0.15, -0.1) is 0 Å². The molecule has 2 aromatic carbocycles. The number of benzene rings is 2. The molecule has 3 aliphatic rings. The lowest BCUT2D eigenvalue weighted by Gasteiger charge is -2.35. The van der Waals surface area contributed by atoms with Crippen molar-refractivity contribution in [1.82, 2.24) is 30.0 Å². The predicted octanol–water partition coefficient (Wildman–Crippen LogP) is 7.52. The van der Waals surface area contributed by atoms with Gasteiger partial charge in [0, 0.05) is 60.4 Å². The van der Waals surface area contributed by atoms with E-state index in [9.17, 15) is 22.8 Å². The third-order valence-electron chi connectivity index (χ3n) is 11.0. The van der Waals surface area contributed by atoms with Gasteiger partial charge in [-0.3, -0.25) is 14.5 Å². The Labute approximate surface area is 308 Å². The Kier molecular flexibility index (Phi) is 8.68. The van der Waals surface area contributed by atoms with Crippen molar-refractivity contribution in [2.75, 3.05) is 25.5 Å². The van der Waals surface area contributed by atoms with Crippen LogP contribution in [0.3, 0.4) is 0 Å². The van der Waals surface area contributed by atoms with Gasteiger partial charge in [-0.05, 0) is 73.9 Å². The van der Waals surface area contributed by atoms with Crippen LogP contribution in [0.1, 0.15) is 60.5 Å².